The zero-order chi connectivity index (χ0) is 19.4. The van der Waals surface area contributed by atoms with Crippen LogP contribution in [0, 0.1) is 13.8 Å². The highest BCUT2D eigenvalue weighted by molar-refractivity contribution is 6.37. The molecule has 0 aliphatic heterocycles. The summed E-state index contributed by atoms with van der Waals surface area (Å²) >= 11 is 12.0. The van der Waals surface area contributed by atoms with E-state index >= 15 is 0 Å². The number of aryl methyl sites for hydroxylation is 2. The highest BCUT2D eigenvalue weighted by Gasteiger charge is 2.11. The summed E-state index contributed by atoms with van der Waals surface area (Å²) in [5, 5.41) is 5.16. The van der Waals surface area contributed by atoms with Crippen molar-refractivity contribution in [2.45, 2.75) is 13.8 Å². The van der Waals surface area contributed by atoms with E-state index in [0.717, 1.165) is 11.4 Å². The van der Waals surface area contributed by atoms with Crippen molar-refractivity contribution >= 4 is 29.2 Å². The molecule has 140 valence electrons. The largest absolute Gasteiger partial charge is 0.487 e. The average molecular weight is 406 g/mol. The fourth-order valence-corrected chi connectivity index (χ4v) is 2.98. The quantitative estimate of drug-likeness (QED) is 0.448. The molecule has 0 aliphatic carbocycles. The summed E-state index contributed by atoms with van der Waals surface area (Å²) in [6, 6.07) is 10.4. The average Bonchev–Trinajstić information content (AvgIpc) is 2.99. The van der Waals surface area contributed by atoms with Crippen LogP contribution in [0.3, 0.4) is 0 Å². The number of pyridine rings is 1. The molecule has 1 aromatic carbocycles. The highest BCUT2D eigenvalue weighted by atomic mass is 35.5. The van der Waals surface area contributed by atoms with Gasteiger partial charge in [0, 0.05) is 11.9 Å². The molecule has 0 aliphatic rings. The zero-order valence-electron chi connectivity index (χ0n) is 14.8. The Labute approximate surface area is 166 Å². The van der Waals surface area contributed by atoms with Gasteiger partial charge in [0.25, 0.3) is 0 Å². The van der Waals surface area contributed by atoms with Gasteiger partial charge in [0.05, 0.1) is 21.3 Å². The minimum Gasteiger partial charge on any atom is -0.487 e. The van der Waals surface area contributed by atoms with Gasteiger partial charge >= 0.3 is 5.97 Å². The lowest BCUT2D eigenvalue weighted by molar-refractivity contribution is 0.0450. The van der Waals surface area contributed by atoms with Gasteiger partial charge in [-0.3, -0.25) is 0 Å². The van der Waals surface area contributed by atoms with Crippen molar-refractivity contribution in [2.24, 2.45) is 0 Å². The number of benzene rings is 1. The number of para-hydroxylation sites is 1. The predicted octanol–water partition coefficient (Wildman–Crippen LogP) is 4.43. The maximum absolute atomic E-state index is 12.1. The molecular formula is C19H17Cl2N3O3. The first kappa shape index (κ1) is 19.2. The van der Waals surface area contributed by atoms with Crippen LogP contribution in [-0.4, -0.2) is 33.9 Å². The second-order valence-electron chi connectivity index (χ2n) is 5.78. The minimum absolute atomic E-state index is 0.0552. The number of esters is 1. The number of aromatic nitrogens is 3. The van der Waals surface area contributed by atoms with Crippen molar-refractivity contribution in [3.63, 3.8) is 0 Å². The molecule has 2 aromatic heterocycles. The Balaban J connectivity index is 1.55. The number of rotatable bonds is 6. The lowest BCUT2D eigenvalue weighted by atomic mass is 10.3. The topological polar surface area (TPSA) is 66.2 Å². The Kier molecular flexibility index (Phi) is 5.98. The zero-order valence-corrected chi connectivity index (χ0v) is 16.3. The molecule has 0 N–H and O–H groups in total. The third kappa shape index (κ3) is 4.59. The Morgan fingerprint density at radius 2 is 1.85 bits per heavy atom. The van der Waals surface area contributed by atoms with E-state index in [-0.39, 0.29) is 13.2 Å². The monoisotopic (exact) mass is 405 g/mol. The number of carbonyl (C=O) groups excluding carboxylic acids is 1. The molecule has 2 heterocycles. The van der Waals surface area contributed by atoms with E-state index in [1.54, 1.807) is 35.0 Å². The molecule has 0 saturated carbocycles. The molecule has 3 rings (SSSR count). The maximum Gasteiger partial charge on any atom is 0.339 e. The van der Waals surface area contributed by atoms with E-state index in [2.05, 4.69) is 10.1 Å². The number of nitrogens with zero attached hydrogens (tertiary/aromatic N) is 3. The molecule has 0 saturated heterocycles. The fourth-order valence-electron chi connectivity index (χ4n) is 2.47. The molecule has 0 atom stereocenters. The van der Waals surface area contributed by atoms with Crippen LogP contribution in [0.1, 0.15) is 21.7 Å². The van der Waals surface area contributed by atoms with Crippen LogP contribution < -0.4 is 4.74 Å². The number of halogens is 2. The van der Waals surface area contributed by atoms with Crippen LogP contribution >= 0.6 is 23.2 Å². The third-order valence-corrected chi connectivity index (χ3v) is 4.29. The highest BCUT2D eigenvalue weighted by Crippen LogP contribution is 2.32. The van der Waals surface area contributed by atoms with E-state index in [9.17, 15) is 4.79 Å². The molecule has 0 amide bonds. The Morgan fingerprint density at radius 3 is 2.44 bits per heavy atom. The van der Waals surface area contributed by atoms with Gasteiger partial charge < -0.3 is 9.47 Å². The fraction of sp³-hybridized carbons (Fsp3) is 0.211. The molecular weight excluding hydrogens is 389 g/mol. The van der Waals surface area contributed by atoms with Crippen molar-refractivity contribution in [3.8, 4) is 11.6 Å². The first-order chi connectivity index (χ1) is 13.0. The van der Waals surface area contributed by atoms with Gasteiger partial charge in [0.2, 0.25) is 0 Å². The van der Waals surface area contributed by atoms with Gasteiger partial charge in [-0.05, 0) is 44.2 Å². The number of hydrogen-bond acceptors (Lipinski definition) is 5. The first-order valence-corrected chi connectivity index (χ1v) is 8.95. The summed E-state index contributed by atoms with van der Waals surface area (Å²) in [6.45, 7) is 4.04. The smallest absolute Gasteiger partial charge is 0.339 e. The number of ether oxygens (including phenoxy) is 2. The number of hydrogen-bond donors (Lipinski definition) is 0. The van der Waals surface area contributed by atoms with Crippen LogP contribution in [0.15, 0.2) is 42.6 Å². The summed E-state index contributed by atoms with van der Waals surface area (Å²) in [7, 11) is 0. The van der Waals surface area contributed by atoms with E-state index in [0.29, 0.717) is 27.2 Å². The van der Waals surface area contributed by atoms with Crippen molar-refractivity contribution < 1.29 is 14.3 Å². The Morgan fingerprint density at radius 1 is 1.11 bits per heavy atom. The van der Waals surface area contributed by atoms with Gasteiger partial charge in [0.15, 0.2) is 11.6 Å². The van der Waals surface area contributed by atoms with Crippen LogP contribution in [0.25, 0.3) is 5.82 Å². The minimum atomic E-state index is -0.490. The Hall–Kier alpha value is -2.57. The van der Waals surface area contributed by atoms with Gasteiger partial charge in [-0.15, -0.1) is 0 Å². The summed E-state index contributed by atoms with van der Waals surface area (Å²) in [6.07, 6.45) is 1.46. The van der Waals surface area contributed by atoms with Gasteiger partial charge in [-0.25, -0.2) is 14.5 Å². The molecule has 0 radical (unpaired) electrons. The third-order valence-electron chi connectivity index (χ3n) is 3.69. The van der Waals surface area contributed by atoms with Crippen LogP contribution in [0.4, 0.5) is 0 Å². The first-order valence-electron chi connectivity index (χ1n) is 8.19. The van der Waals surface area contributed by atoms with Crippen LogP contribution in [-0.2, 0) is 4.74 Å². The molecule has 0 spiro atoms. The Bertz CT molecular complexity index is 935. The number of carbonyl (C=O) groups is 1. The van der Waals surface area contributed by atoms with Gasteiger partial charge in [-0.1, -0.05) is 29.3 Å². The van der Waals surface area contributed by atoms with E-state index < -0.39 is 5.97 Å². The lowest BCUT2D eigenvalue weighted by Crippen LogP contribution is -2.13. The normalized spacial score (nSPS) is 10.7. The van der Waals surface area contributed by atoms with Crippen molar-refractivity contribution in [2.75, 3.05) is 13.2 Å². The summed E-state index contributed by atoms with van der Waals surface area (Å²) in [5.41, 5.74) is 2.21. The van der Waals surface area contributed by atoms with Crippen molar-refractivity contribution in [1.29, 1.82) is 0 Å². The van der Waals surface area contributed by atoms with Crippen molar-refractivity contribution in [1.82, 2.24) is 14.8 Å². The maximum atomic E-state index is 12.1. The summed E-state index contributed by atoms with van der Waals surface area (Å²) < 4.78 is 12.4. The molecule has 0 bridgehead atoms. The summed E-state index contributed by atoms with van der Waals surface area (Å²) in [5.74, 6) is 0.512. The summed E-state index contributed by atoms with van der Waals surface area (Å²) in [4.78, 5) is 16.4. The van der Waals surface area contributed by atoms with Gasteiger partial charge in [-0.2, -0.15) is 5.10 Å². The molecule has 27 heavy (non-hydrogen) atoms. The van der Waals surface area contributed by atoms with E-state index in [1.165, 1.54) is 6.20 Å². The lowest BCUT2D eigenvalue weighted by Gasteiger charge is -2.10. The second kappa shape index (κ2) is 8.41. The van der Waals surface area contributed by atoms with Crippen molar-refractivity contribution in [3.05, 3.63) is 69.6 Å². The molecule has 3 aromatic rings. The SMILES string of the molecule is Cc1cc(C)n(-c2ccc(C(=O)OCCOc3c(Cl)cccc3Cl)cn2)n1. The standard InChI is InChI=1S/C19H17Cl2N3O3/c1-12-10-13(2)24(23-12)17-7-6-14(11-22-17)19(25)27-9-8-26-18-15(20)4-3-5-16(18)21/h3-7,10-11H,8-9H2,1-2H3. The van der Waals surface area contributed by atoms with Crippen LogP contribution in [0.5, 0.6) is 5.75 Å². The molecule has 0 fully saturated rings. The molecule has 8 heteroatoms. The predicted molar refractivity (Wildman–Crippen MR) is 103 cm³/mol. The molecule has 0 unspecified atom stereocenters. The van der Waals surface area contributed by atoms with E-state index in [4.69, 9.17) is 32.7 Å². The second-order valence-corrected chi connectivity index (χ2v) is 6.59. The molecule has 6 nitrogen and oxygen atoms in total. The van der Waals surface area contributed by atoms with Gasteiger partial charge in [0.1, 0.15) is 13.2 Å². The van der Waals surface area contributed by atoms with E-state index in [1.807, 2.05) is 19.9 Å². The van der Waals surface area contributed by atoms with Crippen LogP contribution in [0.2, 0.25) is 10.0 Å².